The fourth-order valence-corrected chi connectivity index (χ4v) is 3.98. The SMILES string of the molecule is COc1ccc([C@@H]2CN(C(=O)C(C)(C)O)C[C@@]2(C)[C@@H](C)O)cc1OCC1CC1. The van der Waals surface area contributed by atoms with Crippen molar-refractivity contribution >= 4 is 5.91 Å². The normalized spacial score (nSPS) is 26.2. The molecule has 0 spiro atoms. The summed E-state index contributed by atoms with van der Waals surface area (Å²) in [5.41, 5.74) is -0.961. The summed E-state index contributed by atoms with van der Waals surface area (Å²) >= 11 is 0. The molecule has 0 bridgehead atoms. The van der Waals surface area contributed by atoms with Crippen LogP contribution in [-0.4, -0.2) is 59.5 Å². The molecule has 1 saturated heterocycles. The van der Waals surface area contributed by atoms with E-state index in [4.69, 9.17) is 9.47 Å². The first kappa shape index (κ1) is 20.9. The minimum Gasteiger partial charge on any atom is -0.493 e. The molecular formula is C22H33NO5. The van der Waals surface area contributed by atoms with Crippen molar-refractivity contribution in [3.05, 3.63) is 23.8 Å². The molecule has 3 rings (SSSR count). The van der Waals surface area contributed by atoms with Gasteiger partial charge in [-0.15, -0.1) is 0 Å². The molecule has 2 aliphatic rings. The van der Waals surface area contributed by atoms with Gasteiger partial charge in [0.05, 0.1) is 19.8 Å². The van der Waals surface area contributed by atoms with Gasteiger partial charge in [0, 0.05) is 24.4 Å². The van der Waals surface area contributed by atoms with E-state index in [1.807, 2.05) is 25.1 Å². The van der Waals surface area contributed by atoms with Crippen LogP contribution in [0, 0.1) is 11.3 Å². The Hall–Kier alpha value is -1.79. The molecule has 0 unspecified atom stereocenters. The largest absolute Gasteiger partial charge is 0.493 e. The molecule has 28 heavy (non-hydrogen) atoms. The Labute approximate surface area is 167 Å². The van der Waals surface area contributed by atoms with E-state index in [1.165, 1.54) is 26.7 Å². The number of hydrogen-bond acceptors (Lipinski definition) is 5. The highest BCUT2D eigenvalue weighted by Gasteiger charge is 2.50. The van der Waals surface area contributed by atoms with Crippen molar-refractivity contribution in [1.82, 2.24) is 4.90 Å². The van der Waals surface area contributed by atoms with Crippen LogP contribution in [0.15, 0.2) is 18.2 Å². The summed E-state index contributed by atoms with van der Waals surface area (Å²) < 4.78 is 11.4. The average Bonchev–Trinajstić information content (AvgIpc) is 3.39. The number of likely N-dealkylation sites (tertiary alicyclic amines) is 1. The Morgan fingerprint density at radius 3 is 2.57 bits per heavy atom. The highest BCUT2D eigenvalue weighted by atomic mass is 16.5. The van der Waals surface area contributed by atoms with Crippen LogP contribution in [0.3, 0.4) is 0 Å². The van der Waals surface area contributed by atoms with Crippen LogP contribution in [0.4, 0.5) is 0 Å². The maximum Gasteiger partial charge on any atom is 0.253 e. The van der Waals surface area contributed by atoms with Crippen LogP contribution >= 0.6 is 0 Å². The molecule has 2 N–H and O–H groups in total. The van der Waals surface area contributed by atoms with Crippen molar-refractivity contribution in [2.24, 2.45) is 11.3 Å². The second kappa shape index (κ2) is 7.56. The molecule has 6 nitrogen and oxygen atoms in total. The number of aliphatic hydroxyl groups excluding tert-OH is 1. The zero-order valence-corrected chi connectivity index (χ0v) is 17.6. The van der Waals surface area contributed by atoms with E-state index in [9.17, 15) is 15.0 Å². The second-order valence-electron chi connectivity index (χ2n) is 9.14. The lowest BCUT2D eigenvalue weighted by atomic mass is 9.72. The van der Waals surface area contributed by atoms with Crippen molar-refractivity contribution in [2.45, 2.75) is 58.2 Å². The molecule has 1 aliphatic carbocycles. The van der Waals surface area contributed by atoms with Gasteiger partial charge in [0.1, 0.15) is 5.60 Å². The first-order valence-corrected chi connectivity index (χ1v) is 10.1. The number of benzene rings is 1. The first-order chi connectivity index (χ1) is 13.1. The number of rotatable bonds is 7. The lowest BCUT2D eigenvalue weighted by Crippen LogP contribution is -2.45. The van der Waals surface area contributed by atoms with E-state index in [2.05, 4.69) is 0 Å². The van der Waals surface area contributed by atoms with Crippen molar-refractivity contribution in [3.63, 3.8) is 0 Å². The van der Waals surface area contributed by atoms with Crippen LogP contribution in [0.2, 0.25) is 0 Å². The van der Waals surface area contributed by atoms with Crippen molar-refractivity contribution in [3.8, 4) is 11.5 Å². The Morgan fingerprint density at radius 2 is 2.04 bits per heavy atom. The molecule has 1 aromatic carbocycles. The van der Waals surface area contributed by atoms with Crippen molar-refractivity contribution < 1.29 is 24.5 Å². The highest BCUT2D eigenvalue weighted by molar-refractivity contribution is 5.84. The van der Waals surface area contributed by atoms with Gasteiger partial charge in [-0.1, -0.05) is 13.0 Å². The Kier molecular flexibility index (Phi) is 5.65. The molecule has 6 heteroatoms. The average molecular weight is 392 g/mol. The van der Waals surface area contributed by atoms with Gasteiger partial charge in [0.25, 0.3) is 5.91 Å². The number of amides is 1. The molecule has 0 radical (unpaired) electrons. The molecule has 2 fully saturated rings. The molecule has 1 amide bonds. The van der Waals surface area contributed by atoms with Crippen LogP contribution in [0.1, 0.15) is 52.0 Å². The molecule has 156 valence electrons. The van der Waals surface area contributed by atoms with E-state index in [1.54, 1.807) is 18.9 Å². The smallest absolute Gasteiger partial charge is 0.253 e. The van der Waals surface area contributed by atoms with E-state index < -0.39 is 17.1 Å². The van der Waals surface area contributed by atoms with Gasteiger partial charge >= 0.3 is 0 Å². The lowest BCUT2D eigenvalue weighted by Gasteiger charge is -2.34. The number of ether oxygens (including phenoxy) is 2. The molecule has 3 atom stereocenters. The van der Waals surface area contributed by atoms with E-state index in [-0.39, 0.29) is 11.8 Å². The number of carbonyl (C=O) groups excluding carboxylic acids is 1. The van der Waals surface area contributed by atoms with Crippen LogP contribution in [0.5, 0.6) is 11.5 Å². The fraction of sp³-hybridized carbons (Fsp3) is 0.682. The van der Waals surface area contributed by atoms with Gasteiger partial charge in [-0.2, -0.15) is 0 Å². The van der Waals surface area contributed by atoms with Gasteiger partial charge in [0.2, 0.25) is 0 Å². The minimum atomic E-state index is -1.44. The summed E-state index contributed by atoms with van der Waals surface area (Å²) in [5, 5.41) is 20.7. The summed E-state index contributed by atoms with van der Waals surface area (Å²) in [6.07, 6.45) is 1.80. The summed E-state index contributed by atoms with van der Waals surface area (Å²) in [6.45, 7) is 8.27. The minimum absolute atomic E-state index is 0.0759. The second-order valence-corrected chi connectivity index (χ2v) is 9.14. The zero-order valence-electron chi connectivity index (χ0n) is 17.6. The van der Waals surface area contributed by atoms with Crippen LogP contribution < -0.4 is 9.47 Å². The van der Waals surface area contributed by atoms with Gasteiger partial charge in [-0.05, 0) is 57.2 Å². The van der Waals surface area contributed by atoms with Crippen LogP contribution in [-0.2, 0) is 4.79 Å². The number of nitrogens with zero attached hydrogens (tertiary/aromatic N) is 1. The predicted octanol–water partition coefficient (Wildman–Crippen LogP) is 2.57. The number of aliphatic hydroxyl groups is 2. The Balaban J connectivity index is 1.90. The first-order valence-electron chi connectivity index (χ1n) is 10.1. The molecular weight excluding hydrogens is 358 g/mol. The number of carbonyl (C=O) groups is 1. The predicted molar refractivity (Wildman–Crippen MR) is 107 cm³/mol. The highest BCUT2D eigenvalue weighted by Crippen LogP contribution is 2.47. The fourth-order valence-electron chi connectivity index (χ4n) is 3.98. The van der Waals surface area contributed by atoms with Crippen LogP contribution in [0.25, 0.3) is 0 Å². The molecule has 1 heterocycles. The molecule has 1 aliphatic heterocycles. The molecule has 0 aromatic heterocycles. The third-order valence-corrected chi connectivity index (χ3v) is 6.26. The maximum atomic E-state index is 12.7. The standard InChI is InChI=1S/C22H33NO5/c1-14(24)22(4)13-23(20(25)21(2,3)26)11-17(22)16-8-9-18(27-5)19(10-16)28-12-15-6-7-15/h8-10,14-15,17,24,26H,6-7,11-13H2,1-5H3/t14-,17+,22+/m1/s1. The zero-order chi connectivity index (χ0) is 20.7. The van der Waals surface area contributed by atoms with Gasteiger partial charge in [-0.25, -0.2) is 0 Å². The summed E-state index contributed by atoms with van der Waals surface area (Å²) in [4.78, 5) is 14.3. The quantitative estimate of drug-likeness (QED) is 0.747. The van der Waals surface area contributed by atoms with Crippen molar-refractivity contribution in [1.29, 1.82) is 0 Å². The van der Waals surface area contributed by atoms with Gasteiger partial charge < -0.3 is 24.6 Å². The van der Waals surface area contributed by atoms with E-state index in [0.29, 0.717) is 37.1 Å². The van der Waals surface area contributed by atoms with Gasteiger partial charge in [0.15, 0.2) is 11.5 Å². The third-order valence-electron chi connectivity index (χ3n) is 6.26. The van der Waals surface area contributed by atoms with E-state index in [0.717, 1.165) is 5.56 Å². The third kappa shape index (κ3) is 4.13. The van der Waals surface area contributed by atoms with Crippen molar-refractivity contribution in [2.75, 3.05) is 26.8 Å². The Morgan fingerprint density at radius 1 is 1.36 bits per heavy atom. The topological polar surface area (TPSA) is 79.2 Å². The summed E-state index contributed by atoms with van der Waals surface area (Å²) in [7, 11) is 1.62. The van der Waals surface area contributed by atoms with Gasteiger partial charge in [-0.3, -0.25) is 4.79 Å². The lowest BCUT2D eigenvalue weighted by molar-refractivity contribution is -0.147. The maximum absolute atomic E-state index is 12.7. The number of hydrogen-bond donors (Lipinski definition) is 2. The number of methoxy groups -OCH3 is 1. The molecule has 1 saturated carbocycles. The summed E-state index contributed by atoms with van der Waals surface area (Å²) in [6, 6.07) is 5.84. The summed E-state index contributed by atoms with van der Waals surface area (Å²) in [5.74, 6) is 1.62. The molecule has 1 aromatic rings. The van der Waals surface area contributed by atoms with E-state index >= 15 is 0 Å². The monoisotopic (exact) mass is 391 g/mol. The Bertz CT molecular complexity index is 722.